The lowest BCUT2D eigenvalue weighted by Crippen LogP contribution is -2.64. The number of ether oxygens (including phenoxy) is 2. The smallest absolute Gasteiger partial charge is 0.325 e. The number of carbonyl (C=O) groups excluding carboxylic acids is 2. The topological polar surface area (TPSA) is 108 Å². The standard InChI is InChI=1S/C18H24N6O4/c1-11(12-5-7-13(28-4)8-6-12)21-22-17-19-15-14(24(17)9-10-27-3)16(25)20-18(26)23(15)2/h5-8,14-15H,9-10H2,1-4H3,(H,19,22)(H,20,25,26)/b21-11+. The molecule has 2 aliphatic heterocycles. The predicted octanol–water partition coefficient (Wildman–Crippen LogP) is 0.203. The highest BCUT2D eigenvalue weighted by molar-refractivity contribution is 6.04. The Bertz CT molecular complexity index is 807. The number of rotatable bonds is 6. The van der Waals surface area contributed by atoms with Crippen LogP contribution < -0.4 is 15.5 Å². The average Bonchev–Trinajstić information content (AvgIpc) is 3.07. The molecule has 2 aliphatic rings. The second kappa shape index (κ2) is 8.26. The van der Waals surface area contributed by atoms with E-state index in [0.717, 1.165) is 17.0 Å². The first-order valence-electron chi connectivity index (χ1n) is 8.82. The Hall–Kier alpha value is -3.14. The number of hydrazone groups is 1. The molecule has 2 heterocycles. The number of imide groups is 1. The molecule has 2 unspecified atom stereocenters. The van der Waals surface area contributed by atoms with E-state index in [2.05, 4.69) is 20.8 Å². The first-order chi connectivity index (χ1) is 13.5. The van der Waals surface area contributed by atoms with Crippen LogP contribution in [0.4, 0.5) is 4.79 Å². The lowest BCUT2D eigenvalue weighted by Gasteiger charge is -2.35. The number of aliphatic imine (C=N–C) groups is 1. The highest BCUT2D eigenvalue weighted by Gasteiger charge is 2.48. The minimum absolute atomic E-state index is 0.388. The van der Waals surface area contributed by atoms with Gasteiger partial charge in [-0.05, 0) is 36.8 Å². The van der Waals surface area contributed by atoms with Gasteiger partial charge in [0.1, 0.15) is 5.75 Å². The summed E-state index contributed by atoms with van der Waals surface area (Å²) in [7, 11) is 4.80. The van der Waals surface area contributed by atoms with Crippen LogP contribution in [-0.4, -0.2) is 80.0 Å². The van der Waals surface area contributed by atoms with Crippen molar-refractivity contribution in [3.8, 4) is 5.75 Å². The predicted molar refractivity (Wildman–Crippen MR) is 103 cm³/mol. The van der Waals surface area contributed by atoms with Crippen molar-refractivity contribution in [1.29, 1.82) is 0 Å². The van der Waals surface area contributed by atoms with E-state index in [0.29, 0.717) is 19.1 Å². The van der Waals surface area contributed by atoms with Gasteiger partial charge in [-0.15, -0.1) is 0 Å². The Morgan fingerprint density at radius 3 is 2.64 bits per heavy atom. The molecule has 10 nitrogen and oxygen atoms in total. The SMILES string of the molecule is COCCN1C(N/N=C(\C)c2ccc(OC)cc2)=NC2C1C(=O)NC(=O)N2C. The van der Waals surface area contributed by atoms with Crippen molar-refractivity contribution >= 4 is 23.6 Å². The van der Waals surface area contributed by atoms with Crippen molar-refractivity contribution in [2.75, 3.05) is 34.4 Å². The molecule has 0 bridgehead atoms. The van der Waals surface area contributed by atoms with Crippen molar-refractivity contribution in [1.82, 2.24) is 20.5 Å². The molecule has 1 fully saturated rings. The number of urea groups is 1. The van der Waals surface area contributed by atoms with Gasteiger partial charge in [-0.2, -0.15) is 5.10 Å². The monoisotopic (exact) mass is 388 g/mol. The van der Waals surface area contributed by atoms with Crippen LogP contribution in [0.15, 0.2) is 34.4 Å². The molecule has 0 radical (unpaired) electrons. The molecule has 1 aromatic rings. The summed E-state index contributed by atoms with van der Waals surface area (Å²) in [5.74, 6) is 0.787. The summed E-state index contributed by atoms with van der Waals surface area (Å²) in [4.78, 5) is 32.0. The first kappa shape index (κ1) is 19.6. The molecule has 0 saturated carbocycles. The zero-order chi connectivity index (χ0) is 20.3. The highest BCUT2D eigenvalue weighted by Crippen LogP contribution is 2.23. The number of carbonyl (C=O) groups is 2. The summed E-state index contributed by atoms with van der Waals surface area (Å²) in [5.41, 5.74) is 4.59. The number of nitrogens with one attached hydrogen (secondary N) is 2. The molecule has 3 rings (SSSR count). The Morgan fingerprint density at radius 2 is 2.00 bits per heavy atom. The van der Waals surface area contributed by atoms with E-state index < -0.39 is 18.2 Å². The number of hydrogen-bond donors (Lipinski definition) is 2. The fourth-order valence-corrected chi connectivity index (χ4v) is 3.08. The summed E-state index contributed by atoms with van der Waals surface area (Å²) < 4.78 is 10.3. The molecule has 10 heteroatoms. The molecule has 0 aromatic heterocycles. The summed E-state index contributed by atoms with van der Waals surface area (Å²) in [6.07, 6.45) is -0.614. The van der Waals surface area contributed by atoms with E-state index in [9.17, 15) is 9.59 Å². The number of nitrogens with zero attached hydrogens (tertiary/aromatic N) is 4. The van der Waals surface area contributed by atoms with Crippen molar-refractivity contribution in [2.45, 2.75) is 19.1 Å². The molecular weight excluding hydrogens is 364 g/mol. The third-order valence-electron chi connectivity index (χ3n) is 4.73. The van der Waals surface area contributed by atoms with Crippen LogP contribution in [0.25, 0.3) is 0 Å². The number of methoxy groups -OCH3 is 2. The Morgan fingerprint density at radius 1 is 1.29 bits per heavy atom. The van der Waals surface area contributed by atoms with Gasteiger partial charge < -0.3 is 19.3 Å². The van der Waals surface area contributed by atoms with Crippen LogP contribution in [0.2, 0.25) is 0 Å². The number of fused-ring (bicyclic) bond motifs is 1. The molecule has 2 atom stereocenters. The Balaban J connectivity index is 1.81. The first-order valence-corrected chi connectivity index (χ1v) is 8.82. The second-order valence-corrected chi connectivity index (χ2v) is 6.44. The normalized spacial score (nSPS) is 22.0. The van der Waals surface area contributed by atoms with Crippen LogP contribution in [-0.2, 0) is 9.53 Å². The van der Waals surface area contributed by atoms with Crippen molar-refractivity contribution in [2.24, 2.45) is 10.1 Å². The van der Waals surface area contributed by atoms with E-state index in [1.54, 1.807) is 26.2 Å². The molecule has 2 N–H and O–H groups in total. The third-order valence-corrected chi connectivity index (χ3v) is 4.73. The van der Waals surface area contributed by atoms with Gasteiger partial charge in [0.05, 0.1) is 19.4 Å². The summed E-state index contributed by atoms with van der Waals surface area (Å²) in [6, 6.07) is 6.41. The van der Waals surface area contributed by atoms with E-state index in [4.69, 9.17) is 9.47 Å². The molecule has 0 aliphatic carbocycles. The largest absolute Gasteiger partial charge is 0.497 e. The lowest BCUT2D eigenvalue weighted by atomic mass is 10.1. The lowest BCUT2D eigenvalue weighted by molar-refractivity contribution is -0.127. The molecule has 1 aromatic carbocycles. The van der Waals surface area contributed by atoms with Gasteiger partial charge in [-0.3, -0.25) is 10.1 Å². The third kappa shape index (κ3) is 3.77. The quantitative estimate of drug-likeness (QED) is 0.533. The number of likely N-dealkylation sites (N-methyl/N-ethyl adjacent to an activating group) is 1. The van der Waals surface area contributed by atoms with Crippen LogP contribution >= 0.6 is 0 Å². The van der Waals surface area contributed by atoms with Gasteiger partial charge in [0, 0.05) is 20.7 Å². The van der Waals surface area contributed by atoms with Crippen LogP contribution in [0.1, 0.15) is 12.5 Å². The van der Waals surface area contributed by atoms with Gasteiger partial charge in [0.15, 0.2) is 12.2 Å². The second-order valence-electron chi connectivity index (χ2n) is 6.44. The number of benzene rings is 1. The van der Waals surface area contributed by atoms with Crippen LogP contribution in [0, 0.1) is 0 Å². The number of amides is 3. The summed E-state index contributed by atoms with van der Waals surface area (Å²) >= 11 is 0. The zero-order valence-electron chi connectivity index (χ0n) is 16.3. The Kier molecular flexibility index (Phi) is 5.78. The van der Waals surface area contributed by atoms with Crippen molar-refractivity contribution in [3.05, 3.63) is 29.8 Å². The molecule has 150 valence electrons. The minimum atomic E-state index is -0.628. The molecule has 3 amide bonds. The number of hydrogen-bond acceptors (Lipinski definition) is 8. The summed E-state index contributed by atoms with van der Waals surface area (Å²) in [5, 5.41) is 6.74. The van der Waals surface area contributed by atoms with Gasteiger partial charge in [0.2, 0.25) is 5.96 Å². The molecule has 1 saturated heterocycles. The number of guanidine groups is 1. The van der Waals surface area contributed by atoms with Gasteiger partial charge in [-0.25, -0.2) is 15.2 Å². The van der Waals surface area contributed by atoms with Crippen LogP contribution in [0.5, 0.6) is 5.75 Å². The molecule has 0 spiro atoms. The van der Waals surface area contributed by atoms with Crippen molar-refractivity contribution < 1.29 is 19.1 Å². The fourth-order valence-electron chi connectivity index (χ4n) is 3.08. The maximum atomic E-state index is 12.4. The van der Waals surface area contributed by atoms with Crippen molar-refractivity contribution in [3.63, 3.8) is 0 Å². The fraction of sp³-hybridized carbons (Fsp3) is 0.444. The minimum Gasteiger partial charge on any atom is -0.497 e. The maximum Gasteiger partial charge on any atom is 0.325 e. The Labute approximate surface area is 163 Å². The van der Waals surface area contributed by atoms with E-state index >= 15 is 0 Å². The molecule has 28 heavy (non-hydrogen) atoms. The highest BCUT2D eigenvalue weighted by atomic mass is 16.5. The van der Waals surface area contributed by atoms with Crippen LogP contribution in [0.3, 0.4) is 0 Å². The molecular formula is C18H24N6O4. The van der Waals surface area contributed by atoms with E-state index in [-0.39, 0.29) is 5.91 Å². The van der Waals surface area contributed by atoms with Gasteiger partial charge >= 0.3 is 6.03 Å². The average molecular weight is 388 g/mol. The zero-order valence-corrected chi connectivity index (χ0v) is 16.3. The van der Waals surface area contributed by atoms with E-state index in [1.807, 2.05) is 31.2 Å². The maximum absolute atomic E-state index is 12.4. The van der Waals surface area contributed by atoms with E-state index in [1.165, 1.54) is 4.90 Å². The summed E-state index contributed by atoms with van der Waals surface area (Å²) in [6.45, 7) is 2.69. The van der Waals surface area contributed by atoms with Gasteiger partial charge in [-0.1, -0.05) is 0 Å². The van der Waals surface area contributed by atoms with Gasteiger partial charge in [0.25, 0.3) is 5.91 Å².